The van der Waals surface area contributed by atoms with E-state index in [4.69, 9.17) is 10.7 Å². The zero-order valence-electron chi connectivity index (χ0n) is 12.4. The summed E-state index contributed by atoms with van der Waals surface area (Å²) < 4.78 is 39.4. The molecule has 2 saturated heterocycles. The molecule has 3 rings (SSSR count). The molecular formula is C15H13F3N4OS. The SMILES string of the molecule is N#Cc1ccc(N2C(=N)C3(CCSCC3)NC2=O)cc1C(F)(F)F. The number of benzene rings is 1. The predicted octanol–water partition coefficient (Wildman–Crippen LogP) is 3.35. The van der Waals surface area contributed by atoms with Gasteiger partial charge < -0.3 is 5.32 Å². The van der Waals surface area contributed by atoms with Gasteiger partial charge in [-0.05, 0) is 42.5 Å². The van der Waals surface area contributed by atoms with Crippen LogP contribution in [0.5, 0.6) is 0 Å². The first-order chi connectivity index (χ1) is 11.3. The lowest BCUT2D eigenvalue weighted by Crippen LogP contribution is -2.49. The van der Waals surface area contributed by atoms with Gasteiger partial charge in [-0.1, -0.05) is 0 Å². The van der Waals surface area contributed by atoms with Crippen LogP contribution in [0.15, 0.2) is 18.2 Å². The standard InChI is InChI=1S/C15H13F3N4OS/c16-15(17,18)11-7-10(2-1-9(11)8-19)22-12(20)14(21-13(22)23)3-5-24-6-4-14/h1-2,7,20H,3-6H2,(H,21,23). The molecule has 126 valence electrons. The van der Waals surface area contributed by atoms with Gasteiger partial charge in [-0.25, -0.2) is 9.69 Å². The van der Waals surface area contributed by atoms with Crippen molar-refractivity contribution in [2.75, 3.05) is 16.4 Å². The van der Waals surface area contributed by atoms with Crippen molar-refractivity contribution < 1.29 is 18.0 Å². The van der Waals surface area contributed by atoms with Crippen LogP contribution in [0.3, 0.4) is 0 Å². The number of nitriles is 1. The molecule has 2 heterocycles. The van der Waals surface area contributed by atoms with E-state index in [0.29, 0.717) is 12.8 Å². The molecule has 5 nitrogen and oxygen atoms in total. The summed E-state index contributed by atoms with van der Waals surface area (Å²) in [5.41, 5.74) is -2.49. The van der Waals surface area contributed by atoms with Crippen LogP contribution in [0.4, 0.5) is 23.7 Å². The molecule has 0 unspecified atom stereocenters. The third-order valence-corrected chi connectivity index (χ3v) is 5.25. The number of halogens is 3. The molecule has 0 radical (unpaired) electrons. The number of nitrogens with zero attached hydrogens (tertiary/aromatic N) is 2. The lowest BCUT2D eigenvalue weighted by Gasteiger charge is -2.32. The molecule has 2 fully saturated rings. The molecule has 1 aromatic rings. The number of amidine groups is 1. The summed E-state index contributed by atoms with van der Waals surface area (Å²) in [5.74, 6) is 1.51. The number of urea groups is 1. The average molecular weight is 354 g/mol. The van der Waals surface area contributed by atoms with Crippen LogP contribution >= 0.6 is 11.8 Å². The van der Waals surface area contributed by atoms with Crippen molar-refractivity contribution in [3.63, 3.8) is 0 Å². The number of thioether (sulfide) groups is 1. The normalized spacial score (nSPS) is 20.2. The maximum atomic E-state index is 13.1. The summed E-state index contributed by atoms with van der Waals surface area (Å²) in [6, 6.07) is 3.94. The van der Waals surface area contributed by atoms with Crippen LogP contribution in [0.1, 0.15) is 24.0 Å². The van der Waals surface area contributed by atoms with Crippen molar-refractivity contribution in [3.05, 3.63) is 29.3 Å². The summed E-state index contributed by atoms with van der Waals surface area (Å²) >= 11 is 1.72. The number of nitrogens with one attached hydrogen (secondary N) is 2. The highest BCUT2D eigenvalue weighted by Crippen LogP contribution is 2.38. The van der Waals surface area contributed by atoms with Crippen LogP contribution in [0.2, 0.25) is 0 Å². The molecule has 2 aliphatic heterocycles. The third kappa shape index (κ3) is 2.60. The Balaban J connectivity index is 2.02. The Morgan fingerprint density at radius 3 is 2.58 bits per heavy atom. The largest absolute Gasteiger partial charge is 0.417 e. The van der Waals surface area contributed by atoms with E-state index in [1.54, 1.807) is 11.8 Å². The van der Waals surface area contributed by atoms with Crippen LogP contribution in [0.25, 0.3) is 0 Å². The van der Waals surface area contributed by atoms with E-state index in [-0.39, 0.29) is 11.5 Å². The summed E-state index contributed by atoms with van der Waals surface area (Å²) in [6.07, 6.45) is -3.57. The highest BCUT2D eigenvalue weighted by molar-refractivity contribution is 7.99. The van der Waals surface area contributed by atoms with Crippen molar-refractivity contribution in [3.8, 4) is 6.07 Å². The van der Waals surface area contributed by atoms with E-state index in [9.17, 15) is 18.0 Å². The highest BCUT2D eigenvalue weighted by Gasteiger charge is 2.49. The molecule has 0 aromatic heterocycles. The lowest BCUT2D eigenvalue weighted by atomic mass is 9.91. The number of carbonyl (C=O) groups excluding carboxylic acids is 1. The van der Waals surface area contributed by atoms with Crippen molar-refractivity contribution in [1.82, 2.24) is 5.32 Å². The molecule has 2 N–H and O–H groups in total. The second-order valence-corrected chi connectivity index (χ2v) is 6.87. The van der Waals surface area contributed by atoms with Gasteiger partial charge >= 0.3 is 12.2 Å². The summed E-state index contributed by atoms with van der Waals surface area (Å²) in [5, 5.41) is 19.9. The lowest BCUT2D eigenvalue weighted by molar-refractivity contribution is -0.137. The second kappa shape index (κ2) is 5.70. The van der Waals surface area contributed by atoms with Crippen molar-refractivity contribution in [2.24, 2.45) is 0 Å². The second-order valence-electron chi connectivity index (χ2n) is 5.65. The first-order valence-electron chi connectivity index (χ1n) is 7.19. The summed E-state index contributed by atoms with van der Waals surface area (Å²) in [7, 11) is 0. The van der Waals surface area contributed by atoms with E-state index >= 15 is 0 Å². The smallest absolute Gasteiger partial charge is 0.325 e. The minimum atomic E-state index is -4.71. The van der Waals surface area contributed by atoms with Crippen molar-refractivity contribution >= 4 is 29.3 Å². The van der Waals surface area contributed by atoms with E-state index < -0.39 is 28.9 Å². The number of anilines is 1. The van der Waals surface area contributed by atoms with Crippen LogP contribution < -0.4 is 10.2 Å². The number of alkyl halides is 3. The number of hydrogen-bond donors (Lipinski definition) is 2. The number of rotatable bonds is 1. The molecule has 2 amide bonds. The highest BCUT2D eigenvalue weighted by atomic mass is 32.2. The van der Waals surface area contributed by atoms with E-state index in [0.717, 1.165) is 28.5 Å². The van der Waals surface area contributed by atoms with E-state index in [1.165, 1.54) is 12.1 Å². The van der Waals surface area contributed by atoms with Gasteiger partial charge in [0.1, 0.15) is 11.4 Å². The molecule has 2 aliphatic rings. The van der Waals surface area contributed by atoms with E-state index in [1.807, 2.05) is 0 Å². The number of hydrogen-bond acceptors (Lipinski definition) is 4. The van der Waals surface area contributed by atoms with Gasteiger partial charge in [-0.3, -0.25) is 5.41 Å². The molecule has 0 atom stereocenters. The Hall–Kier alpha value is -2.21. The predicted molar refractivity (Wildman–Crippen MR) is 84.2 cm³/mol. The minimum Gasteiger partial charge on any atom is -0.325 e. The molecule has 0 bridgehead atoms. The molecule has 0 saturated carbocycles. The van der Waals surface area contributed by atoms with Crippen LogP contribution in [-0.2, 0) is 6.18 Å². The third-order valence-electron chi connectivity index (χ3n) is 4.26. The fourth-order valence-electron chi connectivity index (χ4n) is 2.97. The van der Waals surface area contributed by atoms with Gasteiger partial charge in [0.05, 0.1) is 22.9 Å². The molecule has 9 heteroatoms. The summed E-state index contributed by atoms with van der Waals surface area (Å²) in [6.45, 7) is 0. The molecule has 0 aliphatic carbocycles. The Morgan fingerprint density at radius 1 is 1.33 bits per heavy atom. The Kier molecular flexibility index (Phi) is 3.95. The Morgan fingerprint density at radius 2 is 2.00 bits per heavy atom. The quantitative estimate of drug-likeness (QED) is 0.812. The van der Waals surface area contributed by atoms with Crippen molar-refractivity contribution in [1.29, 1.82) is 10.7 Å². The first kappa shape index (κ1) is 16.6. The molecule has 24 heavy (non-hydrogen) atoms. The van der Waals surface area contributed by atoms with Gasteiger partial charge in [-0.2, -0.15) is 30.2 Å². The molecule has 1 spiro atoms. The average Bonchev–Trinajstić information content (AvgIpc) is 2.77. The van der Waals surface area contributed by atoms with Crippen LogP contribution in [0, 0.1) is 16.7 Å². The van der Waals surface area contributed by atoms with Gasteiger partial charge in [0.15, 0.2) is 0 Å². The fourth-order valence-corrected chi connectivity index (χ4v) is 4.16. The number of carbonyl (C=O) groups is 1. The van der Waals surface area contributed by atoms with Gasteiger partial charge in [0.25, 0.3) is 0 Å². The van der Waals surface area contributed by atoms with Crippen molar-refractivity contribution in [2.45, 2.75) is 24.6 Å². The fraction of sp³-hybridized carbons (Fsp3) is 0.400. The maximum absolute atomic E-state index is 13.1. The van der Waals surface area contributed by atoms with Gasteiger partial charge in [0.2, 0.25) is 0 Å². The topological polar surface area (TPSA) is 80.0 Å². The minimum absolute atomic E-state index is 0.0365. The zero-order chi connectivity index (χ0) is 17.5. The van der Waals surface area contributed by atoms with E-state index in [2.05, 4.69) is 5.32 Å². The molecule has 1 aromatic carbocycles. The Bertz CT molecular complexity index is 750. The van der Waals surface area contributed by atoms with Gasteiger partial charge in [0, 0.05) is 0 Å². The molecular weight excluding hydrogens is 341 g/mol. The number of amides is 2. The monoisotopic (exact) mass is 354 g/mol. The summed E-state index contributed by atoms with van der Waals surface area (Å²) in [4.78, 5) is 13.3. The van der Waals surface area contributed by atoms with Crippen LogP contribution in [-0.4, -0.2) is 28.9 Å². The Labute approximate surface area is 140 Å². The van der Waals surface area contributed by atoms with Gasteiger partial charge in [-0.15, -0.1) is 0 Å². The first-order valence-corrected chi connectivity index (χ1v) is 8.34. The maximum Gasteiger partial charge on any atom is 0.417 e. The zero-order valence-corrected chi connectivity index (χ0v) is 13.2.